The van der Waals surface area contributed by atoms with Crippen LogP contribution in [-0.2, 0) is 13.0 Å². The minimum atomic E-state index is -0.315. The Labute approximate surface area is 225 Å². The number of hydrogen-bond acceptors (Lipinski definition) is 4. The highest BCUT2D eigenvalue weighted by molar-refractivity contribution is 6.35. The second-order valence-corrected chi connectivity index (χ2v) is 9.72. The summed E-state index contributed by atoms with van der Waals surface area (Å²) in [6.07, 6.45) is 0.575. The first-order chi connectivity index (χ1) is 17.4. The molecule has 0 radical (unpaired) electrons. The van der Waals surface area contributed by atoms with Gasteiger partial charge in [-0.1, -0.05) is 46.9 Å². The third-order valence-corrected chi connectivity index (χ3v) is 7.10. The summed E-state index contributed by atoms with van der Waals surface area (Å²) < 4.78 is 25.5. The van der Waals surface area contributed by atoms with E-state index in [1.807, 2.05) is 6.07 Å². The molecule has 1 aliphatic rings. The van der Waals surface area contributed by atoms with E-state index in [9.17, 15) is 9.18 Å². The first-order valence-electron chi connectivity index (χ1n) is 11.5. The average Bonchev–Trinajstić information content (AvgIpc) is 2.87. The molecular weight excluding hydrogens is 526 g/mol. The Morgan fingerprint density at radius 3 is 2.42 bits per heavy atom. The summed E-state index contributed by atoms with van der Waals surface area (Å²) in [5.74, 6) is 0.624. The van der Waals surface area contributed by atoms with Gasteiger partial charge in [-0.2, -0.15) is 0 Å². The van der Waals surface area contributed by atoms with Crippen LogP contribution in [0.5, 0.6) is 11.5 Å². The zero-order valence-corrected chi connectivity index (χ0v) is 22.0. The molecule has 1 fully saturated rings. The quantitative estimate of drug-likeness (QED) is 0.326. The molecule has 190 valence electrons. The van der Waals surface area contributed by atoms with Crippen molar-refractivity contribution in [3.05, 3.63) is 92.2 Å². The topological polar surface area (TPSA) is 42.0 Å². The molecule has 5 nitrogen and oxygen atoms in total. The van der Waals surface area contributed by atoms with Gasteiger partial charge in [0.15, 0.2) is 11.5 Å². The van der Waals surface area contributed by atoms with E-state index in [1.165, 1.54) is 6.07 Å². The van der Waals surface area contributed by atoms with Gasteiger partial charge in [-0.05, 0) is 48.0 Å². The van der Waals surface area contributed by atoms with Crippen molar-refractivity contribution in [2.24, 2.45) is 0 Å². The number of benzene rings is 3. The monoisotopic (exact) mass is 550 g/mol. The average molecular weight is 552 g/mol. The SMILES string of the molecule is COc1ccc(C(=O)N2CCN(Cc3c(F)cccc3Cl)CC2)cc1OCCc1ccc(Cl)cc1Cl. The Hall–Kier alpha value is -2.51. The Kier molecular flexibility index (Phi) is 8.96. The summed E-state index contributed by atoms with van der Waals surface area (Å²) in [6.45, 7) is 3.07. The van der Waals surface area contributed by atoms with Gasteiger partial charge in [0.25, 0.3) is 5.91 Å². The molecule has 36 heavy (non-hydrogen) atoms. The van der Waals surface area contributed by atoms with E-state index < -0.39 is 0 Å². The largest absolute Gasteiger partial charge is 0.493 e. The molecule has 3 aromatic rings. The molecule has 1 aliphatic heterocycles. The number of amides is 1. The summed E-state index contributed by atoms with van der Waals surface area (Å²) in [5, 5.41) is 1.57. The Morgan fingerprint density at radius 1 is 0.944 bits per heavy atom. The molecule has 0 atom stereocenters. The van der Waals surface area contributed by atoms with Crippen LogP contribution in [0.2, 0.25) is 15.1 Å². The van der Waals surface area contributed by atoms with Crippen LogP contribution in [0.3, 0.4) is 0 Å². The van der Waals surface area contributed by atoms with Crippen molar-refractivity contribution >= 4 is 40.7 Å². The maximum absolute atomic E-state index is 14.1. The molecule has 0 saturated carbocycles. The van der Waals surface area contributed by atoms with Crippen molar-refractivity contribution in [3.63, 3.8) is 0 Å². The molecule has 4 rings (SSSR count). The summed E-state index contributed by atoms with van der Waals surface area (Å²) in [4.78, 5) is 17.1. The van der Waals surface area contributed by atoms with Crippen LogP contribution in [0.25, 0.3) is 0 Å². The lowest BCUT2D eigenvalue weighted by Crippen LogP contribution is -2.48. The molecule has 0 unspecified atom stereocenters. The van der Waals surface area contributed by atoms with Crippen LogP contribution < -0.4 is 9.47 Å². The lowest BCUT2D eigenvalue weighted by Gasteiger charge is -2.35. The lowest BCUT2D eigenvalue weighted by atomic mass is 10.1. The maximum Gasteiger partial charge on any atom is 0.254 e. The minimum absolute atomic E-state index is 0.0909. The molecule has 1 saturated heterocycles. The highest BCUT2D eigenvalue weighted by atomic mass is 35.5. The van der Waals surface area contributed by atoms with Gasteiger partial charge in [-0.3, -0.25) is 9.69 Å². The van der Waals surface area contributed by atoms with Gasteiger partial charge >= 0.3 is 0 Å². The van der Waals surface area contributed by atoms with Gasteiger partial charge in [0, 0.05) is 65.3 Å². The number of carbonyl (C=O) groups excluding carboxylic acids is 1. The molecule has 9 heteroatoms. The predicted molar refractivity (Wildman–Crippen MR) is 141 cm³/mol. The van der Waals surface area contributed by atoms with Crippen LogP contribution >= 0.6 is 34.8 Å². The molecule has 0 aliphatic carbocycles. The molecular formula is C27H26Cl3FN2O3. The first-order valence-corrected chi connectivity index (χ1v) is 12.7. The third-order valence-electron chi connectivity index (χ3n) is 6.16. The molecule has 1 heterocycles. The van der Waals surface area contributed by atoms with Crippen LogP contribution in [0, 0.1) is 5.82 Å². The second-order valence-electron chi connectivity index (χ2n) is 8.47. The van der Waals surface area contributed by atoms with E-state index in [1.54, 1.807) is 54.5 Å². The van der Waals surface area contributed by atoms with E-state index in [2.05, 4.69) is 4.90 Å². The van der Waals surface area contributed by atoms with Crippen molar-refractivity contribution in [2.45, 2.75) is 13.0 Å². The fraction of sp³-hybridized carbons (Fsp3) is 0.296. The first kappa shape index (κ1) is 26.6. The highest BCUT2D eigenvalue weighted by Crippen LogP contribution is 2.30. The summed E-state index contributed by atoms with van der Waals surface area (Å²) >= 11 is 18.4. The summed E-state index contributed by atoms with van der Waals surface area (Å²) in [7, 11) is 1.56. The number of ether oxygens (including phenoxy) is 2. The smallest absolute Gasteiger partial charge is 0.254 e. The van der Waals surface area contributed by atoms with Crippen LogP contribution in [-0.4, -0.2) is 55.6 Å². The number of hydrogen-bond donors (Lipinski definition) is 0. The zero-order valence-electron chi connectivity index (χ0n) is 19.8. The Bertz CT molecular complexity index is 1210. The predicted octanol–water partition coefficient (Wildman–Crippen LogP) is 6.37. The number of methoxy groups -OCH3 is 1. The zero-order chi connectivity index (χ0) is 25.7. The molecule has 0 bridgehead atoms. The number of rotatable bonds is 8. The van der Waals surface area contributed by atoms with E-state index in [0.717, 1.165) is 5.56 Å². The summed E-state index contributed by atoms with van der Waals surface area (Å²) in [5.41, 5.74) is 1.92. The van der Waals surface area contributed by atoms with Crippen molar-refractivity contribution < 1.29 is 18.7 Å². The molecule has 0 N–H and O–H groups in total. The molecule has 1 amide bonds. The standard InChI is InChI=1S/C27H26Cl3FN2O3/c1-35-25-8-6-19(15-26(25)36-14-9-18-5-7-20(28)16-23(18)30)27(34)33-12-10-32(11-13-33)17-21-22(29)3-2-4-24(21)31/h2-8,15-16H,9-14,17H2,1H3. The van der Waals surface area contributed by atoms with Gasteiger partial charge in [-0.25, -0.2) is 4.39 Å². The van der Waals surface area contributed by atoms with Gasteiger partial charge in [0.1, 0.15) is 5.82 Å². The van der Waals surface area contributed by atoms with Gasteiger partial charge in [0.05, 0.1) is 13.7 Å². The van der Waals surface area contributed by atoms with Crippen LogP contribution in [0.1, 0.15) is 21.5 Å². The molecule has 0 aromatic heterocycles. The second kappa shape index (κ2) is 12.2. The minimum Gasteiger partial charge on any atom is -0.493 e. The van der Waals surface area contributed by atoms with Crippen LogP contribution in [0.15, 0.2) is 54.6 Å². The highest BCUT2D eigenvalue weighted by Gasteiger charge is 2.24. The number of halogens is 4. The fourth-order valence-electron chi connectivity index (χ4n) is 4.12. The normalized spacial score (nSPS) is 14.1. The third kappa shape index (κ3) is 6.43. The Balaban J connectivity index is 1.36. The van der Waals surface area contributed by atoms with E-state index in [0.29, 0.717) is 83.4 Å². The maximum atomic E-state index is 14.1. The van der Waals surface area contributed by atoms with Gasteiger partial charge in [-0.15, -0.1) is 0 Å². The van der Waals surface area contributed by atoms with E-state index in [4.69, 9.17) is 44.3 Å². The number of nitrogens with zero attached hydrogens (tertiary/aromatic N) is 2. The van der Waals surface area contributed by atoms with E-state index >= 15 is 0 Å². The Morgan fingerprint density at radius 2 is 1.72 bits per heavy atom. The number of piperazine rings is 1. The number of carbonyl (C=O) groups is 1. The summed E-state index contributed by atoms with van der Waals surface area (Å²) in [6, 6.07) is 15.2. The fourth-order valence-corrected chi connectivity index (χ4v) is 4.84. The lowest BCUT2D eigenvalue weighted by molar-refractivity contribution is 0.0626. The van der Waals surface area contributed by atoms with E-state index in [-0.39, 0.29) is 11.7 Å². The van der Waals surface area contributed by atoms with Crippen molar-refractivity contribution in [1.29, 1.82) is 0 Å². The molecule has 0 spiro atoms. The van der Waals surface area contributed by atoms with Crippen molar-refractivity contribution in [1.82, 2.24) is 9.80 Å². The van der Waals surface area contributed by atoms with Gasteiger partial charge < -0.3 is 14.4 Å². The molecule has 3 aromatic carbocycles. The van der Waals surface area contributed by atoms with Gasteiger partial charge in [0.2, 0.25) is 0 Å². The van der Waals surface area contributed by atoms with Crippen molar-refractivity contribution in [2.75, 3.05) is 39.9 Å². The van der Waals surface area contributed by atoms with Crippen molar-refractivity contribution in [3.8, 4) is 11.5 Å². The van der Waals surface area contributed by atoms with Crippen LogP contribution in [0.4, 0.5) is 4.39 Å².